The van der Waals surface area contributed by atoms with Gasteiger partial charge in [0.05, 0.1) is 18.0 Å². The molecule has 0 bridgehead atoms. The Bertz CT molecular complexity index is 1770. The van der Waals surface area contributed by atoms with Crippen LogP contribution < -0.4 is 26.6 Å². The molecule has 7 rings (SSSR count). The third-order valence-electron chi connectivity index (χ3n) is 9.03. The van der Waals surface area contributed by atoms with Crippen LogP contribution in [0.15, 0.2) is 209 Å². The Balaban J connectivity index is 0.000000168. The summed E-state index contributed by atoms with van der Waals surface area (Å²) in [6.45, 7) is 4.24. The van der Waals surface area contributed by atoms with E-state index in [1.165, 1.54) is 47.7 Å². The van der Waals surface area contributed by atoms with Gasteiger partial charge in [0.1, 0.15) is 11.9 Å². The average Bonchev–Trinajstić information content (AvgIpc) is 3.15. The number of hydrogen-bond acceptors (Lipinski definition) is 1. The van der Waals surface area contributed by atoms with Crippen molar-refractivity contribution in [3.05, 3.63) is 205 Å². The molecule has 0 aromatic heterocycles. The molecule has 1 nitrogen and oxygen atoms in total. The SMILES string of the molecule is COc1c(C)cc([S+](c2ccccc2)c2ccccc2)cc1C.c1ccc([B-](c2ccccc2)(c2ccccc2)c2ccccc2)cc1. The van der Waals surface area contributed by atoms with Crippen LogP contribution in [0.4, 0.5) is 0 Å². The van der Waals surface area contributed by atoms with Crippen LogP contribution in [0.2, 0.25) is 0 Å². The maximum Gasteiger partial charge on any atom is 0.167 e. The number of ether oxygens (including phenoxy) is 1. The van der Waals surface area contributed by atoms with Gasteiger partial charge in [0.15, 0.2) is 14.7 Å². The Kier molecular flexibility index (Phi) is 10.6. The van der Waals surface area contributed by atoms with E-state index in [1.807, 2.05) is 0 Å². The quantitative estimate of drug-likeness (QED) is 0.120. The van der Waals surface area contributed by atoms with Crippen molar-refractivity contribution >= 4 is 38.9 Å². The van der Waals surface area contributed by atoms with E-state index in [9.17, 15) is 0 Å². The van der Waals surface area contributed by atoms with Gasteiger partial charge in [0.25, 0.3) is 0 Å². The zero-order valence-electron chi connectivity index (χ0n) is 27.9. The summed E-state index contributed by atoms with van der Waals surface area (Å²) in [6, 6.07) is 69.5. The van der Waals surface area contributed by atoms with E-state index in [0.29, 0.717) is 0 Å². The van der Waals surface area contributed by atoms with Gasteiger partial charge in [-0.1, -0.05) is 158 Å². The van der Waals surface area contributed by atoms with Crippen molar-refractivity contribution in [1.82, 2.24) is 0 Å². The normalized spacial score (nSPS) is 11.0. The zero-order chi connectivity index (χ0) is 33.2. The molecule has 0 atom stereocenters. The molecule has 0 aliphatic heterocycles. The van der Waals surface area contributed by atoms with Crippen LogP contribution in [-0.2, 0) is 10.9 Å². The van der Waals surface area contributed by atoms with Crippen molar-refractivity contribution in [3.63, 3.8) is 0 Å². The second-order valence-electron chi connectivity index (χ2n) is 12.0. The molecule has 0 aliphatic rings. The number of rotatable bonds is 8. The minimum absolute atomic E-state index is 0.101. The van der Waals surface area contributed by atoms with Gasteiger partial charge < -0.3 is 4.74 Å². The van der Waals surface area contributed by atoms with E-state index in [1.54, 1.807) is 7.11 Å². The molecule has 0 amide bonds. The summed E-state index contributed by atoms with van der Waals surface area (Å²) in [7, 11) is 1.64. The average molecular weight is 641 g/mol. The summed E-state index contributed by atoms with van der Waals surface area (Å²) in [5.41, 5.74) is 7.73. The standard InChI is InChI=1S/C24H20B.C21H21OS/c1-5-13-21(14-6-1)25(22-15-7-2-8-16-22,23-17-9-3-10-18-23)24-19-11-4-12-20-24;1-16-14-20(15-17(2)21(16)22-3)23(18-10-6-4-7-11-18)19-12-8-5-9-13-19/h1-20H;4-15H,1-3H3/q-1;+1. The Morgan fingerprint density at radius 3 is 0.917 bits per heavy atom. The van der Waals surface area contributed by atoms with Gasteiger partial charge in [-0.15, -0.1) is 0 Å². The van der Waals surface area contributed by atoms with Gasteiger partial charge in [-0.25, -0.2) is 0 Å². The van der Waals surface area contributed by atoms with Crippen LogP contribution in [0.3, 0.4) is 0 Å². The Hall–Kier alpha value is -5.25. The fourth-order valence-corrected chi connectivity index (χ4v) is 9.26. The molecule has 0 unspecified atom stereocenters. The minimum atomic E-state index is -1.22. The van der Waals surface area contributed by atoms with Crippen LogP contribution in [0.25, 0.3) is 0 Å². The van der Waals surface area contributed by atoms with Crippen LogP contribution >= 0.6 is 0 Å². The number of methoxy groups -OCH3 is 1. The molecule has 7 aromatic rings. The van der Waals surface area contributed by atoms with Crippen LogP contribution in [0.5, 0.6) is 5.75 Å². The molecule has 0 saturated carbocycles. The van der Waals surface area contributed by atoms with Gasteiger partial charge in [0, 0.05) is 12.1 Å². The molecule has 0 fully saturated rings. The molecule has 48 heavy (non-hydrogen) atoms. The topological polar surface area (TPSA) is 9.23 Å². The molecule has 0 radical (unpaired) electrons. The number of benzene rings is 7. The van der Waals surface area contributed by atoms with Crippen molar-refractivity contribution in [3.8, 4) is 5.75 Å². The Morgan fingerprint density at radius 1 is 0.375 bits per heavy atom. The van der Waals surface area contributed by atoms with E-state index < -0.39 is 6.15 Å². The lowest BCUT2D eigenvalue weighted by Crippen LogP contribution is -2.74. The van der Waals surface area contributed by atoms with Crippen molar-refractivity contribution in [2.75, 3.05) is 7.11 Å². The van der Waals surface area contributed by atoms with E-state index in [4.69, 9.17) is 4.74 Å². The highest BCUT2D eigenvalue weighted by atomic mass is 32.2. The van der Waals surface area contributed by atoms with Gasteiger partial charge >= 0.3 is 0 Å². The second-order valence-corrected chi connectivity index (χ2v) is 14.1. The molecule has 0 spiro atoms. The summed E-state index contributed by atoms with van der Waals surface area (Å²) < 4.78 is 5.52. The van der Waals surface area contributed by atoms with E-state index in [-0.39, 0.29) is 10.9 Å². The lowest BCUT2D eigenvalue weighted by Gasteiger charge is -2.44. The van der Waals surface area contributed by atoms with Crippen molar-refractivity contribution < 1.29 is 4.74 Å². The second kappa shape index (κ2) is 15.6. The van der Waals surface area contributed by atoms with Crippen molar-refractivity contribution in [1.29, 1.82) is 0 Å². The molecule has 0 N–H and O–H groups in total. The Labute approximate surface area is 289 Å². The summed E-state index contributed by atoms with van der Waals surface area (Å²) >= 11 is 0. The van der Waals surface area contributed by atoms with E-state index in [2.05, 4.69) is 208 Å². The van der Waals surface area contributed by atoms with Gasteiger partial charge in [-0.2, -0.15) is 21.9 Å². The van der Waals surface area contributed by atoms with Crippen molar-refractivity contribution in [2.45, 2.75) is 28.5 Å². The third-order valence-corrected chi connectivity index (χ3v) is 11.2. The van der Waals surface area contributed by atoms with Gasteiger partial charge in [0.2, 0.25) is 0 Å². The predicted octanol–water partition coefficient (Wildman–Crippen LogP) is 8.47. The fourth-order valence-electron chi connectivity index (χ4n) is 6.99. The molecule has 0 aliphatic carbocycles. The van der Waals surface area contributed by atoms with Crippen LogP contribution in [-0.4, -0.2) is 13.3 Å². The number of aryl methyl sites for hydroxylation is 2. The minimum Gasteiger partial charge on any atom is -0.496 e. The summed E-state index contributed by atoms with van der Waals surface area (Å²) in [4.78, 5) is 4.00. The first-order valence-electron chi connectivity index (χ1n) is 16.5. The molecular formula is C45H41BOS. The monoisotopic (exact) mass is 640 g/mol. The lowest BCUT2D eigenvalue weighted by atomic mass is 9.13. The largest absolute Gasteiger partial charge is 0.496 e. The first-order valence-corrected chi connectivity index (χ1v) is 17.7. The summed E-state index contributed by atoms with van der Waals surface area (Å²) in [5, 5.41) is 0. The molecule has 236 valence electrons. The summed E-state index contributed by atoms with van der Waals surface area (Å²) in [6.07, 6.45) is -1.22. The molecule has 3 heteroatoms. The van der Waals surface area contributed by atoms with Crippen LogP contribution in [0.1, 0.15) is 11.1 Å². The first kappa shape index (κ1) is 32.7. The zero-order valence-corrected chi connectivity index (χ0v) is 28.7. The van der Waals surface area contributed by atoms with E-state index in [0.717, 1.165) is 5.75 Å². The van der Waals surface area contributed by atoms with Gasteiger partial charge in [-0.3, -0.25) is 0 Å². The maximum absolute atomic E-state index is 5.52. The maximum atomic E-state index is 5.52. The lowest BCUT2D eigenvalue weighted by molar-refractivity contribution is 0.408. The molecule has 0 saturated heterocycles. The fraction of sp³-hybridized carbons (Fsp3) is 0.0667. The van der Waals surface area contributed by atoms with Crippen LogP contribution in [0, 0.1) is 13.8 Å². The summed E-state index contributed by atoms with van der Waals surface area (Å²) in [5.74, 6) is 0.985. The highest BCUT2D eigenvalue weighted by Gasteiger charge is 2.31. The van der Waals surface area contributed by atoms with E-state index >= 15 is 0 Å². The highest BCUT2D eigenvalue weighted by Crippen LogP contribution is 2.35. The Morgan fingerprint density at radius 2 is 0.646 bits per heavy atom. The third kappa shape index (κ3) is 6.88. The molecule has 0 heterocycles. The number of hydrogen-bond donors (Lipinski definition) is 0. The molecular weight excluding hydrogens is 599 g/mol. The smallest absolute Gasteiger partial charge is 0.167 e. The first-order chi connectivity index (χ1) is 23.6. The predicted molar refractivity (Wildman–Crippen MR) is 208 cm³/mol. The van der Waals surface area contributed by atoms with Gasteiger partial charge in [-0.05, 0) is 49.2 Å². The highest BCUT2D eigenvalue weighted by molar-refractivity contribution is 7.97. The molecule has 7 aromatic carbocycles. The van der Waals surface area contributed by atoms with Crippen molar-refractivity contribution in [2.24, 2.45) is 0 Å².